The van der Waals surface area contributed by atoms with Crippen LogP contribution in [0.25, 0.3) is 22.3 Å². The van der Waals surface area contributed by atoms with Crippen LogP contribution < -0.4 is 9.80 Å². The number of fused-ring (bicyclic) bond motifs is 6. The molecule has 4 aromatic carbocycles. The van der Waals surface area contributed by atoms with Crippen LogP contribution >= 0.6 is 0 Å². The minimum absolute atomic E-state index is 0.211. The third kappa shape index (κ3) is 1.52. The zero-order valence-corrected chi connectivity index (χ0v) is 15.6. The molecule has 0 N–H and O–H groups in total. The molecule has 4 aromatic rings. The van der Waals surface area contributed by atoms with Gasteiger partial charge in [-0.2, -0.15) is 0 Å². The van der Waals surface area contributed by atoms with E-state index in [9.17, 15) is 0 Å². The second-order valence-electron chi connectivity index (χ2n) is 7.85. The third-order valence-corrected chi connectivity index (χ3v) is 6.58. The van der Waals surface area contributed by atoms with Crippen LogP contribution in [0.5, 0.6) is 0 Å². The lowest BCUT2D eigenvalue weighted by molar-refractivity contribution is 0.793. The molecule has 2 nitrogen and oxygen atoms in total. The van der Waals surface area contributed by atoms with Crippen molar-refractivity contribution in [3.8, 4) is 22.3 Å². The van der Waals surface area contributed by atoms with E-state index in [0.717, 1.165) is 0 Å². The number of hydrogen-bond donors (Lipinski definition) is 0. The zero-order chi connectivity index (χ0) is 18.4. The molecule has 0 spiro atoms. The van der Waals surface area contributed by atoms with Gasteiger partial charge in [0.05, 0.1) is 28.8 Å². The van der Waals surface area contributed by atoms with Crippen molar-refractivity contribution in [1.82, 2.24) is 0 Å². The Morgan fingerprint density at radius 3 is 1.54 bits per heavy atom. The maximum atomic E-state index is 2.60. The molecule has 0 radical (unpaired) electrons. The lowest BCUT2D eigenvalue weighted by atomic mass is 9.77. The molecule has 3 aliphatic rings. The quantitative estimate of drug-likeness (QED) is 0.347. The van der Waals surface area contributed by atoms with Gasteiger partial charge in [-0.1, -0.05) is 72.8 Å². The average Bonchev–Trinajstić information content (AvgIpc) is 2.77. The van der Waals surface area contributed by atoms with E-state index >= 15 is 0 Å². The molecule has 0 aromatic heterocycles. The smallest absolute Gasteiger partial charge is 0.0858 e. The van der Waals surface area contributed by atoms with Crippen molar-refractivity contribution >= 4 is 22.7 Å². The topological polar surface area (TPSA) is 6.48 Å². The van der Waals surface area contributed by atoms with Crippen molar-refractivity contribution in [1.29, 1.82) is 0 Å². The first-order chi connectivity index (χ1) is 13.8. The minimum Gasteiger partial charge on any atom is -0.341 e. The number of nitrogens with zero attached hydrogens (tertiary/aromatic N) is 2. The van der Waals surface area contributed by atoms with Gasteiger partial charge in [0, 0.05) is 18.2 Å². The molecule has 0 aliphatic carbocycles. The summed E-state index contributed by atoms with van der Waals surface area (Å²) in [4.78, 5) is 4.95. The highest BCUT2D eigenvalue weighted by molar-refractivity contribution is 6.09. The zero-order valence-electron chi connectivity index (χ0n) is 15.6. The summed E-state index contributed by atoms with van der Waals surface area (Å²) in [6.45, 7) is 0. The summed E-state index contributed by atoms with van der Waals surface area (Å²) in [6, 6.07) is 31.5. The molecule has 7 rings (SSSR count). The summed E-state index contributed by atoms with van der Waals surface area (Å²) in [5.41, 5.74) is 13.4. The lowest BCUT2D eigenvalue weighted by Crippen LogP contribution is -2.37. The fourth-order valence-corrected chi connectivity index (χ4v) is 5.45. The highest BCUT2D eigenvalue weighted by Gasteiger charge is 2.43. The first-order valence-electron chi connectivity index (χ1n) is 9.82. The molecule has 2 heteroatoms. The Morgan fingerprint density at radius 1 is 0.536 bits per heavy atom. The first kappa shape index (κ1) is 14.5. The predicted molar refractivity (Wildman–Crippen MR) is 116 cm³/mol. The van der Waals surface area contributed by atoms with Gasteiger partial charge in [-0.05, 0) is 34.4 Å². The maximum absolute atomic E-state index is 2.60. The van der Waals surface area contributed by atoms with Crippen molar-refractivity contribution in [2.24, 2.45) is 0 Å². The maximum Gasteiger partial charge on any atom is 0.0858 e. The molecule has 0 unspecified atom stereocenters. The van der Waals surface area contributed by atoms with E-state index in [-0.39, 0.29) is 6.04 Å². The van der Waals surface area contributed by atoms with E-state index in [1.165, 1.54) is 56.1 Å². The van der Waals surface area contributed by atoms with Crippen LogP contribution in [-0.2, 0) is 0 Å². The SMILES string of the molecule is CN1c2cccc3c2N2c4c(cccc41)-c1ccccc1C2c1ccccc1-3. The van der Waals surface area contributed by atoms with E-state index in [1.807, 2.05) is 0 Å². The molecule has 3 aliphatic heterocycles. The fraction of sp³-hybridized carbons (Fsp3) is 0.0769. The molecule has 0 atom stereocenters. The third-order valence-electron chi connectivity index (χ3n) is 6.58. The molecule has 0 fully saturated rings. The lowest BCUT2D eigenvalue weighted by Gasteiger charge is -2.50. The van der Waals surface area contributed by atoms with Gasteiger partial charge in [0.2, 0.25) is 0 Å². The Kier molecular flexibility index (Phi) is 2.51. The van der Waals surface area contributed by atoms with Crippen LogP contribution in [0.1, 0.15) is 17.2 Å². The molecule has 132 valence electrons. The van der Waals surface area contributed by atoms with Crippen LogP contribution in [0, 0.1) is 0 Å². The summed E-state index contributed by atoms with van der Waals surface area (Å²) >= 11 is 0. The standard InChI is InChI=1S/C26H18N2/c1-27-22-14-6-12-20-16-8-2-4-10-18(16)24-19-11-5-3-9-17(19)21-13-7-15-23(27)26(21)28(24)25(20)22/h2-15,24H,1H3. The Bertz CT molecular complexity index is 1200. The molecule has 3 heterocycles. The molecular weight excluding hydrogens is 340 g/mol. The van der Waals surface area contributed by atoms with Crippen LogP contribution in [0.4, 0.5) is 22.7 Å². The van der Waals surface area contributed by atoms with Gasteiger partial charge in [-0.3, -0.25) is 0 Å². The van der Waals surface area contributed by atoms with Gasteiger partial charge < -0.3 is 9.80 Å². The van der Waals surface area contributed by atoms with Crippen molar-refractivity contribution < 1.29 is 0 Å². The van der Waals surface area contributed by atoms with Crippen LogP contribution in [0.3, 0.4) is 0 Å². The van der Waals surface area contributed by atoms with E-state index in [2.05, 4.69) is 102 Å². The van der Waals surface area contributed by atoms with Crippen LogP contribution in [-0.4, -0.2) is 7.05 Å². The molecule has 0 saturated carbocycles. The number of anilines is 4. The summed E-state index contributed by atoms with van der Waals surface area (Å²) < 4.78 is 0. The largest absolute Gasteiger partial charge is 0.341 e. The Morgan fingerprint density at radius 2 is 1.00 bits per heavy atom. The first-order valence-corrected chi connectivity index (χ1v) is 9.82. The number of benzene rings is 4. The Labute approximate surface area is 164 Å². The van der Waals surface area contributed by atoms with Gasteiger partial charge in [0.25, 0.3) is 0 Å². The number of rotatable bonds is 0. The second kappa shape index (κ2) is 4.85. The molecular formula is C26H18N2. The molecule has 0 amide bonds. The highest BCUT2D eigenvalue weighted by atomic mass is 15.3. The van der Waals surface area contributed by atoms with E-state index in [4.69, 9.17) is 0 Å². The van der Waals surface area contributed by atoms with Crippen LogP contribution in [0.15, 0.2) is 84.9 Å². The van der Waals surface area contributed by atoms with Crippen molar-refractivity contribution in [2.75, 3.05) is 16.8 Å². The number of hydrogen-bond acceptors (Lipinski definition) is 2. The summed E-state index contributed by atoms with van der Waals surface area (Å²) in [5, 5.41) is 0. The molecule has 0 saturated heterocycles. The summed E-state index contributed by atoms with van der Waals surface area (Å²) in [5.74, 6) is 0. The molecule has 0 bridgehead atoms. The van der Waals surface area contributed by atoms with Gasteiger partial charge in [-0.25, -0.2) is 0 Å². The predicted octanol–water partition coefficient (Wildman–Crippen LogP) is 6.66. The van der Waals surface area contributed by atoms with Gasteiger partial charge in [0.15, 0.2) is 0 Å². The van der Waals surface area contributed by atoms with Gasteiger partial charge >= 0.3 is 0 Å². The highest BCUT2D eigenvalue weighted by Crippen LogP contribution is 2.63. The Balaban J connectivity index is 1.72. The van der Waals surface area contributed by atoms with Crippen LogP contribution in [0.2, 0.25) is 0 Å². The monoisotopic (exact) mass is 358 g/mol. The van der Waals surface area contributed by atoms with Gasteiger partial charge in [-0.15, -0.1) is 0 Å². The van der Waals surface area contributed by atoms with Crippen molar-refractivity contribution in [3.05, 3.63) is 96.1 Å². The average molecular weight is 358 g/mol. The summed E-state index contributed by atoms with van der Waals surface area (Å²) in [7, 11) is 2.19. The normalized spacial score (nSPS) is 15.0. The number of para-hydroxylation sites is 2. The summed E-state index contributed by atoms with van der Waals surface area (Å²) in [6.07, 6.45) is 0. The Hall–Kier alpha value is -3.52. The van der Waals surface area contributed by atoms with Crippen molar-refractivity contribution in [3.63, 3.8) is 0 Å². The van der Waals surface area contributed by atoms with Crippen molar-refractivity contribution in [2.45, 2.75) is 6.04 Å². The van der Waals surface area contributed by atoms with E-state index in [1.54, 1.807) is 0 Å². The molecule has 28 heavy (non-hydrogen) atoms. The second-order valence-corrected chi connectivity index (χ2v) is 7.85. The minimum atomic E-state index is 0.211. The van der Waals surface area contributed by atoms with Gasteiger partial charge in [0.1, 0.15) is 0 Å². The fourth-order valence-electron chi connectivity index (χ4n) is 5.45. The van der Waals surface area contributed by atoms with E-state index < -0.39 is 0 Å². The van der Waals surface area contributed by atoms with E-state index in [0.29, 0.717) is 0 Å².